The van der Waals surface area contributed by atoms with Gasteiger partial charge in [0.1, 0.15) is 0 Å². The zero-order chi connectivity index (χ0) is 15.0. The van der Waals surface area contributed by atoms with E-state index in [0.717, 1.165) is 29.7 Å². The normalized spacial score (nSPS) is 17.7. The summed E-state index contributed by atoms with van der Waals surface area (Å²) in [6.45, 7) is 0. The summed E-state index contributed by atoms with van der Waals surface area (Å²) in [5.74, 6) is -2.25. The first-order valence-electron chi connectivity index (χ1n) is 6.52. The van der Waals surface area contributed by atoms with Crippen LogP contribution in [-0.4, -0.2) is 8.42 Å². The molecule has 1 atom stereocenters. The summed E-state index contributed by atoms with van der Waals surface area (Å²) >= 11 is 0. The molecular formula is C15H13F2NO2S. The van der Waals surface area contributed by atoms with E-state index in [4.69, 9.17) is 0 Å². The average molecular weight is 309 g/mol. The van der Waals surface area contributed by atoms with Crippen molar-refractivity contribution in [3.05, 3.63) is 65.2 Å². The van der Waals surface area contributed by atoms with Crippen molar-refractivity contribution in [3.63, 3.8) is 0 Å². The zero-order valence-electron chi connectivity index (χ0n) is 11.0. The van der Waals surface area contributed by atoms with Crippen molar-refractivity contribution in [2.24, 2.45) is 0 Å². The third-order valence-electron chi connectivity index (χ3n) is 3.63. The largest absolute Gasteiger partial charge is 0.241 e. The van der Waals surface area contributed by atoms with E-state index >= 15 is 0 Å². The average Bonchev–Trinajstić information content (AvgIpc) is 2.85. The number of sulfonamides is 1. The van der Waals surface area contributed by atoms with Crippen molar-refractivity contribution in [2.75, 3.05) is 0 Å². The predicted octanol–water partition coefficient (Wildman–Crippen LogP) is 2.93. The first kappa shape index (κ1) is 14.2. The molecule has 3 nitrogen and oxygen atoms in total. The van der Waals surface area contributed by atoms with Crippen LogP contribution in [0.25, 0.3) is 0 Å². The van der Waals surface area contributed by atoms with Gasteiger partial charge in [0.05, 0.1) is 4.90 Å². The van der Waals surface area contributed by atoms with Crippen LogP contribution in [-0.2, 0) is 16.4 Å². The first-order valence-corrected chi connectivity index (χ1v) is 8.01. The smallest absolute Gasteiger partial charge is 0.207 e. The Kier molecular flexibility index (Phi) is 3.51. The Morgan fingerprint density at radius 1 is 1.05 bits per heavy atom. The molecule has 110 valence electrons. The van der Waals surface area contributed by atoms with E-state index in [9.17, 15) is 17.2 Å². The number of hydrogen-bond acceptors (Lipinski definition) is 2. The van der Waals surface area contributed by atoms with Gasteiger partial charge in [-0.3, -0.25) is 0 Å². The summed E-state index contributed by atoms with van der Waals surface area (Å²) in [6, 6.07) is 9.82. The van der Waals surface area contributed by atoms with Crippen molar-refractivity contribution in [2.45, 2.75) is 23.8 Å². The molecule has 1 aliphatic carbocycles. The van der Waals surface area contributed by atoms with Crippen molar-refractivity contribution < 1.29 is 17.2 Å². The maximum Gasteiger partial charge on any atom is 0.241 e. The first-order chi connectivity index (χ1) is 9.97. The van der Waals surface area contributed by atoms with Crippen LogP contribution in [0.2, 0.25) is 0 Å². The zero-order valence-corrected chi connectivity index (χ0v) is 11.8. The Bertz CT molecular complexity index is 790. The number of rotatable bonds is 3. The second-order valence-corrected chi connectivity index (χ2v) is 6.70. The van der Waals surface area contributed by atoms with E-state index in [1.165, 1.54) is 0 Å². The lowest BCUT2D eigenvalue weighted by Gasteiger charge is -2.14. The van der Waals surface area contributed by atoms with Gasteiger partial charge in [0, 0.05) is 6.04 Å². The summed E-state index contributed by atoms with van der Waals surface area (Å²) in [5, 5.41) is 0. The fourth-order valence-corrected chi connectivity index (χ4v) is 3.84. The third kappa shape index (κ3) is 2.69. The fraction of sp³-hybridized carbons (Fsp3) is 0.200. The highest BCUT2D eigenvalue weighted by Crippen LogP contribution is 2.32. The molecule has 0 fully saturated rings. The Balaban J connectivity index is 1.89. The number of halogens is 2. The third-order valence-corrected chi connectivity index (χ3v) is 5.10. The highest BCUT2D eigenvalue weighted by atomic mass is 32.2. The standard InChI is InChI=1S/C15H13F2NO2S/c16-13-7-6-11(9-14(13)17)21(19,20)18-15-8-5-10-3-1-2-4-12(10)15/h1-4,6-7,9,15,18H,5,8H2/t15-/m0/s1. The van der Waals surface area contributed by atoms with Crippen LogP contribution in [0.4, 0.5) is 8.78 Å². The summed E-state index contributed by atoms with van der Waals surface area (Å²) < 4.78 is 53.2. The number of nitrogens with one attached hydrogen (secondary N) is 1. The monoisotopic (exact) mass is 309 g/mol. The van der Waals surface area contributed by atoms with Gasteiger partial charge in [-0.1, -0.05) is 24.3 Å². The molecule has 0 saturated carbocycles. The van der Waals surface area contributed by atoms with Gasteiger partial charge < -0.3 is 0 Å². The molecule has 2 aromatic carbocycles. The van der Waals surface area contributed by atoms with Crippen LogP contribution in [0.15, 0.2) is 47.4 Å². The van der Waals surface area contributed by atoms with Crippen LogP contribution >= 0.6 is 0 Å². The second-order valence-electron chi connectivity index (χ2n) is 4.99. The van der Waals surface area contributed by atoms with Crippen LogP contribution in [0.5, 0.6) is 0 Å². The maximum atomic E-state index is 13.2. The van der Waals surface area contributed by atoms with E-state index in [2.05, 4.69) is 4.72 Å². The van der Waals surface area contributed by atoms with E-state index in [1.54, 1.807) is 0 Å². The van der Waals surface area contributed by atoms with Gasteiger partial charge in [-0.15, -0.1) is 0 Å². The van der Waals surface area contributed by atoms with Crippen molar-refractivity contribution in [1.82, 2.24) is 4.72 Å². The molecule has 0 aromatic heterocycles. The predicted molar refractivity (Wildman–Crippen MR) is 74.2 cm³/mol. The number of aryl methyl sites for hydroxylation is 1. The lowest BCUT2D eigenvalue weighted by Crippen LogP contribution is -2.27. The van der Waals surface area contributed by atoms with E-state index in [-0.39, 0.29) is 10.9 Å². The minimum absolute atomic E-state index is 0.272. The van der Waals surface area contributed by atoms with Gasteiger partial charge in [-0.05, 0) is 42.2 Å². The van der Waals surface area contributed by atoms with Crippen molar-refractivity contribution in [1.29, 1.82) is 0 Å². The molecule has 0 heterocycles. The lowest BCUT2D eigenvalue weighted by atomic mass is 10.1. The number of hydrogen-bond donors (Lipinski definition) is 1. The molecule has 0 saturated heterocycles. The van der Waals surface area contributed by atoms with Gasteiger partial charge >= 0.3 is 0 Å². The Hall–Kier alpha value is -1.79. The molecule has 0 aliphatic heterocycles. The lowest BCUT2D eigenvalue weighted by molar-refractivity contribution is 0.503. The maximum absolute atomic E-state index is 13.2. The molecule has 2 aromatic rings. The highest BCUT2D eigenvalue weighted by Gasteiger charge is 2.27. The topological polar surface area (TPSA) is 46.2 Å². The molecule has 0 radical (unpaired) electrons. The van der Waals surface area contributed by atoms with Crippen LogP contribution < -0.4 is 4.72 Å². The minimum Gasteiger partial charge on any atom is -0.207 e. The summed E-state index contributed by atoms with van der Waals surface area (Å²) in [6.07, 6.45) is 1.45. The summed E-state index contributed by atoms with van der Waals surface area (Å²) in [5.41, 5.74) is 2.04. The fourth-order valence-electron chi connectivity index (χ4n) is 2.58. The molecule has 0 spiro atoms. The second kappa shape index (κ2) is 5.20. The van der Waals surface area contributed by atoms with Gasteiger partial charge in [0.2, 0.25) is 10.0 Å². The molecule has 1 aliphatic rings. The van der Waals surface area contributed by atoms with E-state index < -0.39 is 21.7 Å². The molecule has 6 heteroatoms. The molecule has 3 rings (SSSR count). The Morgan fingerprint density at radius 2 is 1.81 bits per heavy atom. The van der Waals surface area contributed by atoms with Gasteiger partial charge in [-0.2, -0.15) is 0 Å². The van der Waals surface area contributed by atoms with Crippen LogP contribution in [0, 0.1) is 11.6 Å². The number of fused-ring (bicyclic) bond motifs is 1. The Morgan fingerprint density at radius 3 is 2.57 bits per heavy atom. The molecular weight excluding hydrogens is 296 g/mol. The highest BCUT2D eigenvalue weighted by molar-refractivity contribution is 7.89. The SMILES string of the molecule is O=S(=O)(N[C@H]1CCc2ccccc21)c1ccc(F)c(F)c1. The van der Waals surface area contributed by atoms with Gasteiger partial charge in [-0.25, -0.2) is 21.9 Å². The van der Waals surface area contributed by atoms with Crippen LogP contribution in [0.1, 0.15) is 23.6 Å². The minimum atomic E-state index is -3.88. The number of benzene rings is 2. The van der Waals surface area contributed by atoms with Gasteiger partial charge in [0.15, 0.2) is 11.6 Å². The molecule has 0 amide bonds. The van der Waals surface area contributed by atoms with Crippen LogP contribution in [0.3, 0.4) is 0 Å². The summed E-state index contributed by atoms with van der Waals surface area (Å²) in [4.78, 5) is -0.272. The quantitative estimate of drug-likeness (QED) is 0.947. The summed E-state index contributed by atoms with van der Waals surface area (Å²) in [7, 11) is -3.88. The van der Waals surface area contributed by atoms with Crippen molar-refractivity contribution in [3.8, 4) is 0 Å². The van der Waals surface area contributed by atoms with Crippen molar-refractivity contribution >= 4 is 10.0 Å². The van der Waals surface area contributed by atoms with E-state index in [1.807, 2.05) is 24.3 Å². The molecule has 21 heavy (non-hydrogen) atoms. The molecule has 0 bridgehead atoms. The van der Waals surface area contributed by atoms with E-state index in [0.29, 0.717) is 12.5 Å². The Labute approximate surface area is 121 Å². The molecule has 1 N–H and O–H groups in total. The molecule has 0 unspecified atom stereocenters. The van der Waals surface area contributed by atoms with Gasteiger partial charge in [0.25, 0.3) is 0 Å².